The van der Waals surface area contributed by atoms with Crippen LogP contribution in [0.1, 0.15) is 16.7 Å². The first-order valence-corrected chi connectivity index (χ1v) is 10.0. The monoisotopic (exact) mass is 392 g/mol. The maximum absolute atomic E-state index is 6.37. The Morgan fingerprint density at radius 3 is 2.03 bits per heavy atom. The third kappa shape index (κ3) is 4.61. The molecule has 0 aromatic heterocycles. The normalized spacial score (nSPS) is 10.8. The number of rotatable bonds is 7. The molecule has 148 valence electrons. The lowest BCUT2D eigenvalue weighted by molar-refractivity contribution is 0.307. The number of hydrogen-bond acceptors (Lipinski definition) is 2. The molecule has 0 heterocycles. The van der Waals surface area contributed by atoms with E-state index in [0.717, 1.165) is 39.3 Å². The second kappa shape index (κ2) is 9.62. The summed E-state index contributed by atoms with van der Waals surface area (Å²) in [5, 5.41) is 0. The third-order valence-corrected chi connectivity index (χ3v) is 4.94. The lowest BCUT2D eigenvalue weighted by Gasteiger charge is -2.15. The van der Waals surface area contributed by atoms with Gasteiger partial charge in [0.05, 0.1) is 7.11 Å². The first-order valence-electron chi connectivity index (χ1n) is 10.0. The van der Waals surface area contributed by atoms with Gasteiger partial charge in [0.1, 0.15) is 18.1 Å². The highest BCUT2D eigenvalue weighted by atomic mass is 16.5. The molecule has 2 nitrogen and oxygen atoms in total. The Hall–Kier alpha value is -3.78. The van der Waals surface area contributed by atoms with Crippen LogP contribution in [0.4, 0.5) is 0 Å². The van der Waals surface area contributed by atoms with Gasteiger partial charge in [-0.15, -0.1) is 0 Å². The molecule has 30 heavy (non-hydrogen) atoms. The summed E-state index contributed by atoms with van der Waals surface area (Å²) >= 11 is 0. The smallest absolute Gasteiger partial charge is 0.134 e. The van der Waals surface area contributed by atoms with Crippen LogP contribution in [0.3, 0.4) is 0 Å². The highest BCUT2D eigenvalue weighted by Crippen LogP contribution is 2.35. The van der Waals surface area contributed by atoms with Gasteiger partial charge in [0.15, 0.2) is 0 Å². The fourth-order valence-corrected chi connectivity index (χ4v) is 3.41. The molecule has 4 aromatic carbocycles. The molecule has 0 radical (unpaired) electrons. The second-order valence-electron chi connectivity index (χ2n) is 6.94. The second-order valence-corrected chi connectivity index (χ2v) is 6.94. The van der Waals surface area contributed by atoms with Crippen molar-refractivity contribution in [2.24, 2.45) is 0 Å². The summed E-state index contributed by atoms with van der Waals surface area (Å²) in [4.78, 5) is 0. The highest BCUT2D eigenvalue weighted by molar-refractivity contribution is 5.81. The molecule has 0 spiro atoms. The van der Waals surface area contributed by atoms with Gasteiger partial charge in [0.25, 0.3) is 0 Å². The lowest BCUT2D eigenvalue weighted by atomic mass is 10.0. The van der Waals surface area contributed by atoms with E-state index in [-0.39, 0.29) is 0 Å². The predicted octanol–water partition coefficient (Wildman–Crippen LogP) is 7.11. The van der Waals surface area contributed by atoms with Crippen molar-refractivity contribution in [3.05, 3.63) is 120 Å². The number of ether oxygens (including phenoxy) is 2. The summed E-state index contributed by atoms with van der Waals surface area (Å²) in [6, 6.07) is 34.8. The Morgan fingerprint density at radius 1 is 0.633 bits per heavy atom. The van der Waals surface area contributed by atoms with Gasteiger partial charge < -0.3 is 9.47 Å². The number of methoxy groups -OCH3 is 1. The molecule has 0 N–H and O–H groups in total. The summed E-state index contributed by atoms with van der Waals surface area (Å²) in [5.41, 5.74) is 5.40. The molecule has 4 aromatic rings. The quantitative estimate of drug-likeness (QED) is 0.312. The van der Waals surface area contributed by atoms with Crippen molar-refractivity contribution in [2.45, 2.75) is 6.61 Å². The molecule has 0 bridgehead atoms. The van der Waals surface area contributed by atoms with E-state index in [4.69, 9.17) is 9.47 Å². The zero-order valence-corrected chi connectivity index (χ0v) is 17.0. The van der Waals surface area contributed by atoms with E-state index in [9.17, 15) is 0 Å². The van der Waals surface area contributed by atoms with Crippen LogP contribution in [-0.4, -0.2) is 7.11 Å². The average Bonchev–Trinajstić information content (AvgIpc) is 2.83. The van der Waals surface area contributed by atoms with Crippen molar-refractivity contribution in [3.63, 3.8) is 0 Å². The van der Waals surface area contributed by atoms with Crippen molar-refractivity contribution in [1.82, 2.24) is 0 Å². The van der Waals surface area contributed by atoms with Crippen molar-refractivity contribution in [1.29, 1.82) is 0 Å². The van der Waals surface area contributed by atoms with Crippen LogP contribution in [0.15, 0.2) is 103 Å². The van der Waals surface area contributed by atoms with Gasteiger partial charge in [-0.1, -0.05) is 109 Å². The maximum Gasteiger partial charge on any atom is 0.134 e. The van der Waals surface area contributed by atoms with E-state index in [1.807, 2.05) is 60.7 Å². The summed E-state index contributed by atoms with van der Waals surface area (Å²) in [6.07, 6.45) is 4.16. The zero-order chi connectivity index (χ0) is 20.6. The van der Waals surface area contributed by atoms with Gasteiger partial charge in [-0.2, -0.15) is 0 Å². The molecule has 0 fully saturated rings. The average molecular weight is 392 g/mol. The fourth-order valence-electron chi connectivity index (χ4n) is 3.41. The number of benzene rings is 4. The first kappa shape index (κ1) is 19.5. The van der Waals surface area contributed by atoms with E-state index in [1.54, 1.807) is 7.11 Å². The minimum atomic E-state index is 0.514. The van der Waals surface area contributed by atoms with Crippen LogP contribution < -0.4 is 9.47 Å². The van der Waals surface area contributed by atoms with E-state index < -0.39 is 0 Å². The van der Waals surface area contributed by atoms with Gasteiger partial charge >= 0.3 is 0 Å². The molecule has 0 saturated heterocycles. The van der Waals surface area contributed by atoms with Crippen molar-refractivity contribution < 1.29 is 9.47 Å². The SMILES string of the molecule is COc1ccccc1C=Cc1cccc(-c2ccccc2)c1OCc1ccccc1. The molecule has 0 aliphatic carbocycles. The maximum atomic E-state index is 6.37. The van der Waals surface area contributed by atoms with Crippen LogP contribution in [0.25, 0.3) is 23.3 Å². The fraction of sp³-hybridized carbons (Fsp3) is 0.0714. The summed E-state index contributed by atoms with van der Waals surface area (Å²) < 4.78 is 11.9. The van der Waals surface area contributed by atoms with Crippen LogP contribution in [0.5, 0.6) is 11.5 Å². The number of para-hydroxylation sites is 2. The Bertz CT molecular complexity index is 1120. The minimum absolute atomic E-state index is 0.514. The van der Waals surface area contributed by atoms with Crippen LogP contribution >= 0.6 is 0 Å². The lowest BCUT2D eigenvalue weighted by Crippen LogP contribution is -1.99. The van der Waals surface area contributed by atoms with Crippen molar-refractivity contribution in [3.8, 4) is 22.6 Å². The molecule has 0 unspecified atom stereocenters. The van der Waals surface area contributed by atoms with E-state index in [0.29, 0.717) is 6.61 Å². The summed E-state index contributed by atoms with van der Waals surface area (Å²) in [6.45, 7) is 0.514. The summed E-state index contributed by atoms with van der Waals surface area (Å²) in [5.74, 6) is 1.72. The van der Waals surface area contributed by atoms with Gasteiger partial charge in [-0.3, -0.25) is 0 Å². The standard InChI is InChI=1S/C28H24O2/c1-29-27-18-9-8-15-24(27)19-20-25-16-10-17-26(23-13-6-3-7-14-23)28(25)30-21-22-11-4-2-5-12-22/h2-20H,21H2,1H3. The first-order chi connectivity index (χ1) is 14.8. The molecule has 4 rings (SSSR count). The highest BCUT2D eigenvalue weighted by Gasteiger charge is 2.11. The summed E-state index contributed by atoms with van der Waals surface area (Å²) in [7, 11) is 1.69. The Kier molecular flexibility index (Phi) is 6.26. The molecule has 0 saturated carbocycles. The Morgan fingerprint density at radius 2 is 1.27 bits per heavy atom. The molecule has 2 heteroatoms. The molecule has 0 atom stereocenters. The predicted molar refractivity (Wildman–Crippen MR) is 125 cm³/mol. The van der Waals surface area contributed by atoms with Crippen LogP contribution in [0, 0.1) is 0 Å². The van der Waals surface area contributed by atoms with Crippen LogP contribution in [0.2, 0.25) is 0 Å². The molecule has 0 aliphatic rings. The largest absolute Gasteiger partial charge is 0.496 e. The molecular formula is C28H24O2. The van der Waals surface area contributed by atoms with E-state index in [1.165, 1.54) is 0 Å². The van der Waals surface area contributed by atoms with Crippen LogP contribution in [-0.2, 0) is 6.61 Å². The van der Waals surface area contributed by atoms with Crippen molar-refractivity contribution >= 4 is 12.2 Å². The van der Waals surface area contributed by atoms with E-state index >= 15 is 0 Å². The van der Waals surface area contributed by atoms with Gasteiger partial charge in [-0.25, -0.2) is 0 Å². The van der Waals surface area contributed by atoms with Gasteiger partial charge in [0.2, 0.25) is 0 Å². The Labute approximate surface area is 178 Å². The Balaban J connectivity index is 1.72. The van der Waals surface area contributed by atoms with E-state index in [2.05, 4.69) is 54.6 Å². The molecule has 0 amide bonds. The van der Waals surface area contributed by atoms with Gasteiger partial charge in [0, 0.05) is 16.7 Å². The third-order valence-electron chi connectivity index (χ3n) is 4.94. The zero-order valence-electron chi connectivity index (χ0n) is 17.0. The van der Waals surface area contributed by atoms with Gasteiger partial charge in [-0.05, 0) is 17.2 Å². The molecule has 0 aliphatic heterocycles. The topological polar surface area (TPSA) is 18.5 Å². The minimum Gasteiger partial charge on any atom is -0.496 e. The molecular weight excluding hydrogens is 368 g/mol. The van der Waals surface area contributed by atoms with Crippen molar-refractivity contribution in [2.75, 3.05) is 7.11 Å². The number of hydrogen-bond donors (Lipinski definition) is 0.